The molecule has 2 aromatic carbocycles. The number of benzene rings is 2. The van der Waals surface area contributed by atoms with Gasteiger partial charge in [-0.1, -0.05) is 34.1 Å². The molecule has 1 unspecified atom stereocenters. The molecule has 3 nitrogen and oxygen atoms in total. The molecule has 21 heavy (non-hydrogen) atoms. The van der Waals surface area contributed by atoms with Crippen LogP contribution in [0.1, 0.15) is 21.5 Å². The summed E-state index contributed by atoms with van der Waals surface area (Å²) in [6, 6.07) is 12.0. The molecule has 0 aliphatic rings. The molecule has 2 rings (SSSR count). The van der Waals surface area contributed by atoms with Crippen molar-refractivity contribution in [3.05, 3.63) is 53.1 Å². The molecule has 2 aromatic rings. The first-order chi connectivity index (χ1) is 10.1. The van der Waals surface area contributed by atoms with Crippen molar-refractivity contribution in [3.63, 3.8) is 0 Å². The van der Waals surface area contributed by atoms with Gasteiger partial charge in [-0.15, -0.1) is 0 Å². The summed E-state index contributed by atoms with van der Waals surface area (Å²) in [6.07, 6.45) is 0. The Hall–Kier alpha value is -1.68. The highest BCUT2D eigenvalue weighted by molar-refractivity contribution is 9.09. The molecule has 0 radical (unpaired) electrons. The van der Waals surface area contributed by atoms with Crippen LogP contribution in [0.4, 0.5) is 0 Å². The van der Waals surface area contributed by atoms with Crippen molar-refractivity contribution in [2.45, 2.75) is 11.8 Å². The molecule has 0 saturated heterocycles. The van der Waals surface area contributed by atoms with Crippen LogP contribution in [0.5, 0.6) is 17.2 Å². The first kappa shape index (κ1) is 15.7. The highest BCUT2D eigenvalue weighted by Crippen LogP contribution is 2.41. The van der Waals surface area contributed by atoms with E-state index in [1.165, 1.54) is 0 Å². The van der Waals surface area contributed by atoms with E-state index in [1.54, 1.807) is 21.3 Å². The van der Waals surface area contributed by atoms with Gasteiger partial charge in [0.15, 0.2) is 11.5 Å². The molecule has 0 aliphatic heterocycles. The van der Waals surface area contributed by atoms with E-state index in [1.807, 2.05) is 36.4 Å². The van der Waals surface area contributed by atoms with Crippen molar-refractivity contribution in [2.24, 2.45) is 0 Å². The molecule has 0 aromatic heterocycles. The minimum Gasteiger partial charge on any atom is -0.496 e. The van der Waals surface area contributed by atoms with E-state index >= 15 is 0 Å². The maximum atomic E-state index is 5.44. The molecule has 112 valence electrons. The fourth-order valence-electron chi connectivity index (χ4n) is 2.31. The van der Waals surface area contributed by atoms with Gasteiger partial charge in [0, 0.05) is 5.56 Å². The number of halogens is 1. The lowest BCUT2D eigenvalue weighted by Gasteiger charge is -2.19. The van der Waals surface area contributed by atoms with Crippen LogP contribution in [0.25, 0.3) is 0 Å². The Kier molecular flexibility index (Phi) is 5.12. The van der Waals surface area contributed by atoms with Gasteiger partial charge in [0.1, 0.15) is 5.75 Å². The summed E-state index contributed by atoms with van der Waals surface area (Å²) >= 11 is 3.77. The smallest absolute Gasteiger partial charge is 0.161 e. The predicted octanol–water partition coefficient (Wildman–Crippen LogP) is 4.51. The topological polar surface area (TPSA) is 27.7 Å². The minimum absolute atomic E-state index is 0.0217. The summed E-state index contributed by atoms with van der Waals surface area (Å²) in [5, 5.41) is 0. The summed E-state index contributed by atoms with van der Waals surface area (Å²) in [5.74, 6) is 2.31. The summed E-state index contributed by atoms with van der Waals surface area (Å²) < 4.78 is 16.2. The van der Waals surface area contributed by atoms with Crippen LogP contribution in [0.15, 0.2) is 36.4 Å². The average molecular weight is 351 g/mol. The molecule has 0 bridgehead atoms. The monoisotopic (exact) mass is 350 g/mol. The van der Waals surface area contributed by atoms with E-state index in [9.17, 15) is 0 Å². The highest BCUT2D eigenvalue weighted by atomic mass is 79.9. The van der Waals surface area contributed by atoms with Gasteiger partial charge in [0.25, 0.3) is 0 Å². The van der Waals surface area contributed by atoms with Gasteiger partial charge >= 0.3 is 0 Å². The Labute approximate surface area is 134 Å². The molecule has 1 atom stereocenters. The van der Waals surface area contributed by atoms with Crippen molar-refractivity contribution in [3.8, 4) is 17.2 Å². The van der Waals surface area contributed by atoms with Crippen molar-refractivity contribution in [1.29, 1.82) is 0 Å². The van der Waals surface area contributed by atoms with Crippen molar-refractivity contribution < 1.29 is 14.2 Å². The van der Waals surface area contributed by atoms with Crippen molar-refractivity contribution in [1.82, 2.24) is 0 Å². The number of hydrogen-bond donors (Lipinski definition) is 0. The fraction of sp³-hybridized carbons (Fsp3) is 0.294. The standard InChI is InChI=1S/C17H19BrO3/c1-11-9-15(20-3)16(21-4)10-13(11)17(18)12-7-5-6-8-14(12)19-2/h5-10,17H,1-4H3. The van der Waals surface area contributed by atoms with Crippen LogP contribution in [0.3, 0.4) is 0 Å². The largest absolute Gasteiger partial charge is 0.496 e. The van der Waals surface area contributed by atoms with E-state index in [-0.39, 0.29) is 4.83 Å². The van der Waals surface area contributed by atoms with Crippen LogP contribution in [0.2, 0.25) is 0 Å². The second-order valence-electron chi connectivity index (χ2n) is 4.67. The quantitative estimate of drug-likeness (QED) is 0.742. The van der Waals surface area contributed by atoms with Crippen LogP contribution >= 0.6 is 15.9 Å². The number of rotatable bonds is 5. The number of methoxy groups -OCH3 is 3. The van der Waals surface area contributed by atoms with Crippen LogP contribution in [0, 0.1) is 6.92 Å². The number of hydrogen-bond acceptors (Lipinski definition) is 3. The maximum Gasteiger partial charge on any atom is 0.161 e. The van der Waals surface area contributed by atoms with Gasteiger partial charge in [0.2, 0.25) is 0 Å². The third-order valence-corrected chi connectivity index (χ3v) is 4.44. The Morgan fingerprint density at radius 2 is 1.38 bits per heavy atom. The van der Waals surface area contributed by atoms with Crippen molar-refractivity contribution >= 4 is 15.9 Å². The van der Waals surface area contributed by atoms with Gasteiger partial charge in [-0.05, 0) is 36.2 Å². The molecule has 0 N–H and O–H groups in total. The molecule has 0 fully saturated rings. The Morgan fingerprint density at radius 3 is 2.00 bits per heavy atom. The lowest BCUT2D eigenvalue weighted by Crippen LogP contribution is -2.01. The second kappa shape index (κ2) is 6.85. The van der Waals surface area contributed by atoms with E-state index < -0.39 is 0 Å². The second-order valence-corrected chi connectivity index (χ2v) is 5.58. The van der Waals surface area contributed by atoms with Gasteiger partial charge in [-0.2, -0.15) is 0 Å². The zero-order chi connectivity index (χ0) is 15.4. The van der Waals surface area contributed by atoms with Gasteiger partial charge in [-0.3, -0.25) is 0 Å². The van der Waals surface area contributed by atoms with Gasteiger partial charge in [-0.25, -0.2) is 0 Å². The first-order valence-electron chi connectivity index (χ1n) is 6.61. The average Bonchev–Trinajstić information content (AvgIpc) is 2.53. The molecular formula is C17H19BrO3. The molecular weight excluding hydrogens is 332 g/mol. The first-order valence-corrected chi connectivity index (χ1v) is 7.53. The normalized spacial score (nSPS) is 11.9. The fourth-order valence-corrected chi connectivity index (χ4v) is 3.18. The Balaban J connectivity index is 2.50. The van der Waals surface area contributed by atoms with Crippen LogP contribution < -0.4 is 14.2 Å². The molecule has 0 spiro atoms. The summed E-state index contributed by atoms with van der Waals surface area (Å²) in [7, 11) is 4.96. The zero-order valence-electron chi connectivity index (χ0n) is 12.6. The van der Waals surface area contributed by atoms with E-state index in [0.717, 1.165) is 33.9 Å². The molecule has 0 heterocycles. The number of alkyl halides is 1. The molecule has 4 heteroatoms. The molecule has 0 saturated carbocycles. The third-order valence-electron chi connectivity index (χ3n) is 3.46. The third kappa shape index (κ3) is 3.16. The van der Waals surface area contributed by atoms with E-state index in [4.69, 9.17) is 14.2 Å². The summed E-state index contributed by atoms with van der Waals surface area (Å²) in [4.78, 5) is 0.0217. The highest BCUT2D eigenvalue weighted by Gasteiger charge is 2.19. The lowest BCUT2D eigenvalue weighted by atomic mass is 9.99. The number of aryl methyl sites for hydroxylation is 1. The number of ether oxygens (including phenoxy) is 3. The maximum absolute atomic E-state index is 5.44. The molecule has 0 aliphatic carbocycles. The summed E-state index contributed by atoms with van der Waals surface area (Å²) in [6.45, 7) is 2.06. The van der Waals surface area contributed by atoms with E-state index in [2.05, 4.69) is 22.9 Å². The Bertz CT molecular complexity index is 625. The van der Waals surface area contributed by atoms with Crippen LogP contribution in [-0.2, 0) is 0 Å². The van der Waals surface area contributed by atoms with Crippen LogP contribution in [-0.4, -0.2) is 21.3 Å². The lowest BCUT2D eigenvalue weighted by molar-refractivity contribution is 0.354. The zero-order valence-corrected chi connectivity index (χ0v) is 14.2. The predicted molar refractivity (Wildman–Crippen MR) is 88.0 cm³/mol. The van der Waals surface area contributed by atoms with E-state index in [0.29, 0.717) is 0 Å². The van der Waals surface area contributed by atoms with Gasteiger partial charge < -0.3 is 14.2 Å². The van der Waals surface area contributed by atoms with Gasteiger partial charge in [0.05, 0.1) is 26.2 Å². The molecule has 0 amide bonds. The SMILES string of the molecule is COc1cc(C)c(C(Br)c2ccccc2OC)cc1OC. The van der Waals surface area contributed by atoms with Crippen molar-refractivity contribution in [2.75, 3.05) is 21.3 Å². The Morgan fingerprint density at radius 1 is 0.810 bits per heavy atom. The number of para-hydroxylation sites is 1. The summed E-state index contributed by atoms with van der Waals surface area (Å²) in [5.41, 5.74) is 3.33. The minimum atomic E-state index is 0.0217.